The van der Waals surface area contributed by atoms with Crippen molar-refractivity contribution in [3.8, 4) is 5.69 Å². The van der Waals surface area contributed by atoms with E-state index < -0.39 is 0 Å². The van der Waals surface area contributed by atoms with Gasteiger partial charge in [0.1, 0.15) is 0 Å². The second-order valence-corrected chi connectivity index (χ2v) is 8.54. The predicted octanol–water partition coefficient (Wildman–Crippen LogP) is 5.18. The van der Waals surface area contributed by atoms with E-state index in [9.17, 15) is 4.79 Å². The fraction of sp³-hybridized carbons (Fsp3) is 0.550. The summed E-state index contributed by atoms with van der Waals surface area (Å²) in [7, 11) is 0. The number of aromatic nitrogens is 3. The molecule has 1 amide bonds. The topological polar surface area (TPSA) is 59.8 Å². The van der Waals surface area contributed by atoms with Gasteiger partial charge in [-0.25, -0.2) is 0 Å². The van der Waals surface area contributed by atoms with Gasteiger partial charge in [-0.2, -0.15) is 0 Å². The minimum absolute atomic E-state index is 0.000414. The fourth-order valence-corrected chi connectivity index (χ4v) is 4.80. The molecule has 5 nitrogen and oxygen atoms in total. The molecule has 27 heavy (non-hydrogen) atoms. The van der Waals surface area contributed by atoms with Gasteiger partial charge in [-0.1, -0.05) is 55.6 Å². The molecule has 1 aliphatic carbocycles. The van der Waals surface area contributed by atoms with Gasteiger partial charge in [0, 0.05) is 17.2 Å². The third kappa shape index (κ3) is 5.26. The van der Waals surface area contributed by atoms with Crippen LogP contribution in [0.1, 0.15) is 64.2 Å². The molecule has 1 unspecified atom stereocenters. The zero-order chi connectivity index (χ0) is 19.2. The first-order chi connectivity index (χ1) is 13.1. The van der Waals surface area contributed by atoms with Crippen molar-refractivity contribution in [1.82, 2.24) is 20.1 Å². The Labute approximate surface area is 170 Å². The molecule has 1 aliphatic rings. The standard InChI is InChI=1S/C20H27ClN4OS/c1-3-18(26)22-14(2)19-23-24-20(27-13-15-8-5-4-6-9-15)25(19)17-11-7-10-16(21)12-17/h7,10-12,14-15H,3-6,8-9,13H2,1-2H3,(H,22,26). The van der Waals surface area contributed by atoms with Crippen LogP contribution in [0.4, 0.5) is 0 Å². The Bertz CT molecular complexity index is 773. The average molecular weight is 407 g/mol. The van der Waals surface area contributed by atoms with Crippen molar-refractivity contribution in [2.24, 2.45) is 5.92 Å². The van der Waals surface area contributed by atoms with Crippen LogP contribution in [0.5, 0.6) is 0 Å². The Kier molecular flexibility index (Phi) is 7.19. The van der Waals surface area contributed by atoms with E-state index in [0.29, 0.717) is 11.4 Å². The van der Waals surface area contributed by atoms with Crippen molar-refractivity contribution in [1.29, 1.82) is 0 Å². The maximum absolute atomic E-state index is 11.8. The van der Waals surface area contributed by atoms with E-state index in [2.05, 4.69) is 15.5 Å². The van der Waals surface area contributed by atoms with Crippen LogP contribution in [-0.2, 0) is 4.79 Å². The lowest BCUT2D eigenvalue weighted by Crippen LogP contribution is -2.27. The lowest BCUT2D eigenvalue weighted by Gasteiger charge is -2.21. The summed E-state index contributed by atoms with van der Waals surface area (Å²) in [4.78, 5) is 11.8. The van der Waals surface area contributed by atoms with Gasteiger partial charge in [0.2, 0.25) is 5.91 Å². The molecule has 1 fully saturated rings. The minimum atomic E-state index is -0.229. The summed E-state index contributed by atoms with van der Waals surface area (Å²) in [6.07, 6.45) is 7.06. The summed E-state index contributed by atoms with van der Waals surface area (Å²) in [5.41, 5.74) is 0.922. The van der Waals surface area contributed by atoms with E-state index in [1.54, 1.807) is 11.8 Å². The molecule has 0 radical (unpaired) electrons. The zero-order valence-electron chi connectivity index (χ0n) is 15.9. The highest BCUT2D eigenvalue weighted by Gasteiger charge is 2.22. The number of carbonyl (C=O) groups is 1. The summed E-state index contributed by atoms with van der Waals surface area (Å²) >= 11 is 7.97. The van der Waals surface area contributed by atoms with Crippen LogP contribution in [0.3, 0.4) is 0 Å². The van der Waals surface area contributed by atoms with E-state index in [-0.39, 0.29) is 11.9 Å². The summed E-state index contributed by atoms with van der Waals surface area (Å²) in [6, 6.07) is 7.46. The smallest absolute Gasteiger partial charge is 0.220 e. The zero-order valence-corrected chi connectivity index (χ0v) is 17.5. The normalized spacial score (nSPS) is 16.3. The van der Waals surface area contributed by atoms with Crippen molar-refractivity contribution >= 4 is 29.3 Å². The minimum Gasteiger partial charge on any atom is -0.346 e. The maximum atomic E-state index is 11.8. The number of nitrogens with one attached hydrogen (secondary N) is 1. The third-order valence-electron chi connectivity index (χ3n) is 4.98. The molecule has 2 aromatic rings. The highest BCUT2D eigenvalue weighted by atomic mass is 35.5. The molecule has 0 saturated heterocycles. The Morgan fingerprint density at radius 3 is 2.81 bits per heavy atom. The summed E-state index contributed by atoms with van der Waals surface area (Å²) in [6.45, 7) is 3.78. The number of benzene rings is 1. The molecular formula is C20H27ClN4OS. The Hall–Kier alpha value is -1.53. The third-order valence-corrected chi connectivity index (χ3v) is 6.38. The number of hydrogen-bond acceptors (Lipinski definition) is 4. The van der Waals surface area contributed by atoms with Crippen LogP contribution >= 0.6 is 23.4 Å². The number of nitrogens with zero attached hydrogens (tertiary/aromatic N) is 3. The number of hydrogen-bond donors (Lipinski definition) is 1. The van der Waals surface area contributed by atoms with Crippen LogP contribution in [0.15, 0.2) is 29.4 Å². The Morgan fingerprint density at radius 2 is 2.11 bits per heavy atom. The van der Waals surface area contributed by atoms with Gasteiger partial charge in [-0.05, 0) is 43.9 Å². The van der Waals surface area contributed by atoms with E-state index >= 15 is 0 Å². The lowest BCUT2D eigenvalue weighted by atomic mass is 9.91. The van der Waals surface area contributed by atoms with Crippen molar-refractivity contribution in [2.75, 3.05) is 5.75 Å². The predicted molar refractivity (Wildman–Crippen MR) is 111 cm³/mol. The number of thioether (sulfide) groups is 1. The molecule has 7 heteroatoms. The summed E-state index contributed by atoms with van der Waals surface area (Å²) in [5, 5.41) is 13.4. The molecule has 1 aromatic heterocycles. The quantitative estimate of drug-likeness (QED) is 0.643. The molecule has 3 rings (SSSR count). The van der Waals surface area contributed by atoms with Gasteiger partial charge >= 0.3 is 0 Å². The fourth-order valence-electron chi connectivity index (χ4n) is 3.47. The Balaban J connectivity index is 1.87. The highest BCUT2D eigenvalue weighted by Crippen LogP contribution is 2.32. The van der Waals surface area contributed by atoms with Crippen LogP contribution in [-0.4, -0.2) is 26.4 Å². The van der Waals surface area contributed by atoms with E-state index in [0.717, 1.165) is 28.3 Å². The first kappa shape index (κ1) is 20.2. The Morgan fingerprint density at radius 1 is 1.33 bits per heavy atom. The lowest BCUT2D eigenvalue weighted by molar-refractivity contribution is -0.121. The van der Waals surface area contributed by atoms with E-state index in [1.807, 2.05) is 42.7 Å². The molecule has 0 aliphatic heterocycles. The van der Waals surface area contributed by atoms with Crippen LogP contribution in [0.2, 0.25) is 5.02 Å². The number of amides is 1. The highest BCUT2D eigenvalue weighted by molar-refractivity contribution is 7.99. The van der Waals surface area contributed by atoms with Gasteiger partial charge in [-0.15, -0.1) is 10.2 Å². The second kappa shape index (κ2) is 9.60. The van der Waals surface area contributed by atoms with Crippen molar-refractivity contribution < 1.29 is 4.79 Å². The number of halogens is 1. The summed E-state index contributed by atoms with van der Waals surface area (Å²) in [5.74, 6) is 2.52. The van der Waals surface area contributed by atoms with E-state index in [1.165, 1.54) is 32.1 Å². The molecule has 146 valence electrons. The number of carbonyl (C=O) groups excluding carboxylic acids is 1. The first-order valence-corrected chi connectivity index (χ1v) is 11.1. The molecule has 1 atom stereocenters. The van der Waals surface area contributed by atoms with Gasteiger partial charge < -0.3 is 5.32 Å². The monoisotopic (exact) mass is 406 g/mol. The van der Waals surface area contributed by atoms with Gasteiger partial charge in [0.05, 0.1) is 11.7 Å². The molecule has 1 aromatic carbocycles. The van der Waals surface area contributed by atoms with E-state index in [4.69, 9.17) is 11.6 Å². The van der Waals surface area contributed by atoms with Crippen LogP contribution in [0.25, 0.3) is 5.69 Å². The van der Waals surface area contributed by atoms with Crippen molar-refractivity contribution in [3.63, 3.8) is 0 Å². The molecule has 1 saturated carbocycles. The first-order valence-electron chi connectivity index (χ1n) is 9.72. The SMILES string of the molecule is CCC(=O)NC(C)c1nnc(SCC2CCCCC2)n1-c1cccc(Cl)c1. The second-order valence-electron chi connectivity index (χ2n) is 7.11. The van der Waals surface area contributed by atoms with Crippen LogP contribution < -0.4 is 5.32 Å². The van der Waals surface area contributed by atoms with Gasteiger partial charge in [0.25, 0.3) is 0 Å². The molecular weight excluding hydrogens is 380 g/mol. The molecule has 1 N–H and O–H groups in total. The van der Waals surface area contributed by atoms with Crippen molar-refractivity contribution in [2.45, 2.75) is 63.6 Å². The number of rotatable bonds is 7. The molecule has 0 spiro atoms. The van der Waals surface area contributed by atoms with Crippen molar-refractivity contribution in [3.05, 3.63) is 35.1 Å². The van der Waals surface area contributed by atoms with Gasteiger partial charge in [-0.3, -0.25) is 9.36 Å². The largest absolute Gasteiger partial charge is 0.346 e. The van der Waals surface area contributed by atoms with Gasteiger partial charge in [0.15, 0.2) is 11.0 Å². The molecule has 0 bridgehead atoms. The summed E-state index contributed by atoms with van der Waals surface area (Å²) < 4.78 is 2.03. The average Bonchev–Trinajstić information content (AvgIpc) is 3.11. The molecule has 1 heterocycles. The maximum Gasteiger partial charge on any atom is 0.220 e. The van der Waals surface area contributed by atoms with Crippen LogP contribution in [0, 0.1) is 5.92 Å².